The van der Waals surface area contributed by atoms with Gasteiger partial charge < -0.3 is 44.4 Å². The highest BCUT2D eigenvalue weighted by Gasteiger charge is 2.40. The minimum Gasteiger partial charge on any atom is -0.453 e. The molecule has 4 aliphatic rings. The number of methoxy groups -OCH3 is 2. The molecule has 2 fully saturated rings. The molecule has 17 heteroatoms. The molecule has 0 saturated carbocycles. The van der Waals surface area contributed by atoms with Gasteiger partial charge in [-0.05, 0) is 60.8 Å². The van der Waals surface area contributed by atoms with Crippen LogP contribution in [-0.4, -0.2) is 105 Å². The number of imidazole rings is 1. The van der Waals surface area contributed by atoms with Gasteiger partial charge in [0.25, 0.3) is 5.88 Å². The molecule has 6 heterocycles. The van der Waals surface area contributed by atoms with Crippen LogP contribution < -0.4 is 20.1 Å². The van der Waals surface area contributed by atoms with Gasteiger partial charge in [-0.3, -0.25) is 14.6 Å². The first kappa shape index (κ1) is 40.2. The molecule has 308 valence electrons. The fourth-order valence-corrected chi connectivity index (χ4v) is 7.98. The lowest BCUT2D eigenvalue weighted by Crippen LogP contribution is -2.54. The molecule has 0 aliphatic carbocycles. The summed E-state index contributed by atoms with van der Waals surface area (Å²) in [6.07, 6.45) is 7.38. The van der Waals surface area contributed by atoms with E-state index >= 15 is 0 Å². The molecule has 0 spiro atoms. The molecular weight excluding hydrogens is 747 g/mol. The number of carbonyl (C=O) groups excluding carboxylic acids is 4. The minimum absolute atomic E-state index is 0.0659. The number of likely N-dealkylation sites (tertiary alicyclic amines) is 2. The summed E-state index contributed by atoms with van der Waals surface area (Å²) in [6.45, 7) is 8.99. The predicted octanol–water partition coefficient (Wildman–Crippen LogP) is 6.15. The number of alkyl carbamates (subject to hydrolysis) is 2. The largest absolute Gasteiger partial charge is 0.453 e. The third-order valence-electron chi connectivity index (χ3n) is 11.7. The molecule has 4 aliphatic heterocycles. The first-order chi connectivity index (χ1) is 28.0. The maximum Gasteiger partial charge on any atom is 0.407 e. The summed E-state index contributed by atoms with van der Waals surface area (Å²) in [6, 6.07) is 5.54. The molecule has 17 nitrogen and oxygen atoms in total. The van der Waals surface area contributed by atoms with Crippen molar-refractivity contribution in [2.45, 2.75) is 96.8 Å². The molecular formula is C41H51N9O8. The molecule has 58 heavy (non-hydrogen) atoms. The van der Waals surface area contributed by atoms with Crippen molar-refractivity contribution in [3.63, 3.8) is 0 Å². The van der Waals surface area contributed by atoms with Crippen LogP contribution in [0.4, 0.5) is 9.59 Å². The predicted molar refractivity (Wildman–Crippen MR) is 212 cm³/mol. The summed E-state index contributed by atoms with van der Waals surface area (Å²) in [4.78, 5) is 68.0. The second-order valence-electron chi connectivity index (χ2n) is 15.3. The van der Waals surface area contributed by atoms with Gasteiger partial charge in [-0.15, -0.1) is 10.2 Å². The van der Waals surface area contributed by atoms with Crippen LogP contribution in [-0.2, 0) is 19.1 Å². The number of H-pyrrole nitrogens is 1. The molecule has 4 amide bonds. The van der Waals surface area contributed by atoms with E-state index in [-0.39, 0.29) is 41.6 Å². The van der Waals surface area contributed by atoms with E-state index in [0.717, 1.165) is 42.5 Å². The Kier molecular flexibility index (Phi) is 12.0. The summed E-state index contributed by atoms with van der Waals surface area (Å²) in [5.41, 5.74) is 3.86. The highest BCUT2D eigenvalue weighted by molar-refractivity contribution is 6.04. The topological polar surface area (TPSA) is 203 Å². The Hall–Kier alpha value is -6.00. The lowest BCUT2D eigenvalue weighted by Gasteiger charge is -2.31. The van der Waals surface area contributed by atoms with Crippen LogP contribution >= 0.6 is 0 Å². The highest BCUT2D eigenvalue weighted by atomic mass is 16.6. The monoisotopic (exact) mass is 797 g/mol. The van der Waals surface area contributed by atoms with Gasteiger partial charge >= 0.3 is 12.2 Å². The summed E-state index contributed by atoms with van der Waals surface area (Å²) in [7, 11) is 2.57. The number of nitrogens with one attached hydrogen (secondary N) is 3. The first-order valence-electron chi connectivity index (χ1n) is 20.0. The number of fused-ring (bicyclic) bond motifs is 2. The number of nitrogens with zero attached hydrogens (tertiary/aromatic N) is 6. The van der Waals surface area contributed by atoms with Crippen molar-refractivity contribution in [2.75, 3.05) is 27.3 Å². The number of carbonyl (C=O) groups is 4. The average molecular weight is 798 g/mol. The summed E-state index contributed by atoms with van der Waals surface area (Å²) < 4.78 is 22.0. The van der Waals surface area contributed by atoms with Gasteiger partial charge in [0.05, 0.1) is 38.2 Å². The van der Waals surface area contributed by atoms with Gasteiger partial charge in [0.1, 0.15) is 23.6 Å². The molecule has 7 rings (SSSR count). The second-order valence-corrected chi connectivity index (χ2v) is 15.3. The summed E-state index contributed by atoms with van der Waals surface area (Å²) in [5, 5.41) is 14.2. The Morgan fingerprint density at radius 1 is 0.845 bits per heavy atom. The highest BCUT2D eigenvalue weighted by Crippen LogP contribution is 2.46. The second kappa shape index (κ2) is 17.2. The number of hydrogen-bond donors (Lipinski definition) is 3. The molecule has 1 aromatic carbocycles. The number of amides is 4. The van der Waals surface area contributed by atoms with Crippen molar-refractivity contribution in [1.82, 2.24) is 40.6 Å². The molecule has 0 radical (unpaired) electrons. The van der Waals surface area contributed by atoms with Gasteiger partial charge in [0.15, 0.2) is 17.2 Å². The minimum atomic E-state index is -0.720. The normalized spacial score (nSPS) is 20.3. The van der Waals surface area contributed by atoms with E-state index in [0.29, 0.717) is 66.8 Å². The Bertz CT molecular complexity index is 2120. The van der Waals surface area contributed by atoms with Crippen LogP contribution in [0.15, 0.2) is 41.7 Å². The Morgan fingerprint density at radius 2 is 1.48 bits per heavy atom. The van der Waals surface area contributed by atoms with Crippen molar-refractivity contribution >= 4 is 35.3 Å². The van der Waals surface area contributed by atoms with E-state index in [9.17, 15) is 19.2 Å². The third kappa shape index (κ3) is 8.07. The number of aromatic nitrogens is 4. The zero-order valence-corrected chi connectivity index (χ0v) is 33.7. The SMILES string of the molecule is CC[C@H](C)[C@H](NC(=O)OC)C(=O)N1CCC[C@H]1C1=NC=C(c2ccc3c(c2)Oc2nnc(-c4cnc([C@@H]5CCCN5C(=O)[C@@H](NC(=O)OC)[C@@H](C)CC)[nH]4)cc2O3)C1. The molecule has 2 aromatic heterocycles. The number of aliphatic imine (C=N–C) groups is 1. The van der Waals surface area contributed by atoms with Gasteiger partial charge in [0.2, 0.25) is 11.8 Å². The van der Waals surface area contributed by atoms with Crippen LogP contribution in [0.25, 0.3) is 17.0 Å². The van der Waals surface area contributed by atoms with E-state index in [1.807, 2.05) is 57.0 Å². The van der Waals surface area contributed by atoms with E-state index in [2.05, 4.69) is 30.8 Å². The molecule has 6 atom stereocenters. The van der Waals surface area contributed by atoms with Crippen molar-refractivity contribution in [1.29, 1.82) is 0 Å². The van der Waals surface area contributed by atoms with Gasteiger partial charge in [-0.2, -0.15) is 0 Å². The van der Waals surface area contributed by atoms with Gasteiger partial charge in [0, 0.05) is 37.5 Å². The standard InChI is InChI=1S/C41H51N9O8/c1-7-22(3)34(45-40(53)55-5)38(51)49-15-9-11-29(49)27-17-25(20-42-27)24-13-14-31-32(18-24)58-37-33(57-31)19-26(47-48-37)28-21-43-36(44-28)30-12-10-16-50(30)39(52)35(23(4)8-2)46-41(54)56-6/h13-14,18-23,29-30,34-35H,7-12,15-17H2,1-6H3,(H,43,44)(H,45,53)(H,46,54)/t22-,23-,29-,30-,34-,35-/m0/s1. The maximum absolute atomic E-state index is 13.8. The smallest absolute Gasteiger partial charge is 0.407 e. The Balaban J connectivity index is 1.00. The van der Waals surface area contributed by atoms with E-state index in [1.165, 1.54) is 14.2 Å². The maximum atomic E-state index is 13.8. The molecule has 0 bridgehead atoms. The average Bonchev–Trinajstić information content (AvgIpc) is 4.09. The van der Waals surface area contributed by atoms with Crippen molar-refractivity contribution < 1.29 is 38.1 Å². The van der Waals surface area contributed by atoms with Crippen molar-refractivity contribution in [2.24, 2.45) is 16.8 Å². The fourth-order valence-electron chi connectivity index (χ4n) is 7.98. The summed E-state index contributed by atoms with van der Waals surface area (Å²) >= 11 is 0. The van der Waals surface area contributed by atoms with Crippen LogP contribution in [0.5, 0.6) is 23.1 Å². The lowest BCUT2D eigenvalue weighted by molar-refractivity contribution is -0.136. The van der Waals surface area contributed by atoms with Crippen molar-refractivity contribution in [3.8, 4) is 34.5 Å². The first-order valence-corrected chi connectivity index (χ1v) is 20.0. The lowest BCUT2D eigenvalue weighted by atomic mass is 9.95. The number of ether oxygens (including phenoxy) is 4. The van der Waals surface area contributed by atoms with Crippen LogP contribution in [0.1, 0.15) is 90.1 Å². The van der Waals surface area contributed by atoms with Crippen LogP contribution in [0.3, 0.4) is 0 Å². The molecule has 3 aromatic rings. The zero-order chi connectivity index (χ0) is 41.1. The summed E-state index contributed by atoms with van der Waals surface area (Å²) in [5.74, 6) is 1.75. The quantitative estimate of drug-likeness (QED) is 0.149. The van der Waals surface area contributed by atoms with Gasteiger partial charge in [-0.1, -0.05) is 46.6 Å². The zero-order valence-electron chi connectivity index (χ0n) is 33.7. The van der Waals surface area contributed by atoms with E-state index in [1.54, 1.807) is 17.2 Å². The van der Waals surface area contributed by atoms with Crippen LogP contribution in [0, 0.1) is 11.8 Å². The Morgan fingerprint density at radius 3 is 2.12 bits per heavy atom. The number of aromatic amines is 1. The van der Waals surface area contributed by atoms with Crippen molar-refractivity contribution in [3.05, 3.63) is 48.1 Å². The van der Waals surface area contributed by atoms with Gasteiger partial charge in [-0.25, -0.2) is 14.6 Å². The number of hydrogen-bond acceptors (Lipinski definition) is 12. The third-order valence-corrected chi connectivity index (χ3v) is 11.7. The number of benzene rings is 1. The van der Waals surface area contributed by atoms with Crippen LogP contribution in [0.2, 0.25) is 0 Å². The molecule has 3 N–H and O–H groups in total. The van der Waals surface area contributed by atoms with E-state index in [4.69, 9.17) is 23.9 Å². The fraction of sp³-hybridized carbons (Fsp3) is 0.512. The molecule has 0 unspecified atom stereocenters. The number of rotatable bonds is 12. The van der Waals surface area contributed by atoms with E-state index < -0.39 is 24.3 Å². The molecule has 2 saturated heterocycles. The Labute approximate surface area is 337 Å². The number of allylic oxidation sites excluding steroid dienone is 1.